The Morgan fingerprint density at radius 3 is 2.77 bits per heavy atom. The quantitative estimate of drug-likeness (QED) is 0.764. The smallest absolute Gasteiger partial charge is 0.0586 e. The van der Waals surface area contributed by atoms with Crippen molar-refractivity contribution in [1.29, 1.82) is 0 Å². The molecule has 0 aromatic rings. The van der Waals surface area contributed by atoms with Crippen LogP contribution in [0.1, 0.15) is 25.7 Å². The predicted octanol–water partition coefficient (Wildman–Crippen LogP) is 1.62. The van der Waals surface area contributed by atoms with Crippen molar-refractivity contribution in [1.82, 2.24) is 4.90 Å². The van der Waals surface area contributed by atoms with E-state index in [1.165, 1.54) is 38.8 Å². The summed E-state index contributed by atoms with van der Waals surface area (Å²) in [6.07, 6.45) is 5.19. The summed E-state index contributed by atoms with van der Waals surface area (Å²) < 4.78 is 0. The third-order valence-electron chi connectivity index (χ3n) is 3.49. The van der Waals surface area contributed by atoms with Crippen LogP contribution >= 0.6 is 15.9 Å². The molecule has 2 fully saturated rings. The molecule has 1 atom stereocenters. The zero-order valence-electron chi connectivity index (χ0n) is 8.01. The van der Waals surface area contributed by atoms with Crippen LogP contribution in [-0.2, 0) is 0 Å². The molecule has 1 saturated heterocycles. The van der Waals surface area contributed by atoms with Crippen molar-refractivity contribution in [2.75, 3.05) is 25.0 Å². The maximum atomic E-state index is 9.17. The van der Waals surface area contributed by atoms with Crippen LogP contribution in [0.4, 0.5) is 0 Å². The van der Waals surface area contributed by atoms with Crippen molar-refractivity contribution in [3.8, 4) is 0 Å². The highest BCUT2D eigenvalue weighted by Gasteiger charge is 2.44. The number of rotatable bonds is 4. The summed E-state index contributed by atoms with van der Waals surface area (Å²) in [6.45, 7) is 2.74. The minimum Gasteiger partial charge on any atom is -0.395 e. The summed E-state index contributed by atoms with van der Waals surface area (Å²) in [5.41, 5.74) is 0.567. The summed E-state index contributed by atoms with van der Waals surface area (Å²) in [5, 5.41) is 10.3. The van der Waals surface area contributed by atoms with Crippen LogP contribution in [0.25, 0.3) is 0 Å². The Labute approximate surface area is 88.4 Å². The third kappa shape index (κ3) is 2.08. The summed E-state index contributed by atoms with van der Waals surface area (Å²) >= 11 is 3.59. The Kier molecular flexibility index (Phi) is 2.96. The van der Waals surface area contributed by atoms with Crippen LogP contribution in [0.2, 0.25) is 0 Å². The average molecular weight is 248 g/mol. The van der Waals surface area contributed by atoms with E-state index in [2.05, 4.69) is 20.8 Å². The molecule has 0 radical (unpaired) electrons. The fourth-order valence-corrected chi connectivity index (χ4v) is 2.99. The molecule has 1 heterocycles. The molecule has 0 aromatic carbocycles. The number of alkyl halides is 1. The lowest BCUT2D eigenvalue weighted by Gasteiger charge is -2.26. The zero-order valence-corrected chi connectivity index (χ0v) is 9.59. The van der Waals surface area contributed by atoms with Crippen LogP contribution in [0, 0.1) is 5.41 Å². The van der Waals surface area contributed by atoms with E-state index in [-0.39, 0.29) is 0 Å². The summed E-state index contributed by atoms with van der Waals surface area (Å²) in [5.74, 6) is 0. The normalized spacial score (nSPS) is 32.3. The molecule has 1 aliphatic carbocycles. The van der Waals surface area contributed by atoms with Crippen LogP contribution < -0.4 is 0 Å². The van der Waals surface area contributed by atoms with Gasteiger partial charge in [0.25, 0.3) is 0 Å². The highest BCUT2D eigenvalue weighted by atomic mass is 79.9. The van der Waals surface area contributed by atoms with Gasteiger partial charge < -0.3 is 5.11 Å². The summed E-state index contributed by atoms with van der Waals surface area (Å²) in [6, 6.07) is 0.455. The van der Waals surface area contributed by atoms with Crippen molar-refractivity contribution in [2.45, 2.75) is 31.7 Å². The van der Waals surface area contributed by atoms with E-state index in [9.17, 15) is 5.11 Å². The number of aliphatic hydroxyl groups excluding tert-OH is 1. The third-order valence-corrected chi connectivity index (χ3v) is 4.68. The molecule has 0 spiro atoms. The molecular formula is C10H18BrNO. The molecule has 0 aromatic heterocycles. The molecule has 1 N–H and O–H groups in total. The number of nitrogens with zero attached hydrogens (tertiary/aromatic N) is 1. The molecule has 1 saturated carbocycles. The maximum Gasteiger partial charge on any atom is 0.0586 e. The fourth-order valence-electron chi connectivity index (χ4n) is 2.25. The standard InChI is InChI=1S/C10H18BrNO/c11-7-10(3-4-10)8-12-5-1-2-9(12)6-13/h9,13H,1-8H2. The maximum absolute atomic E-state index is 9.17. The zero-order chi connectivity index (χ0) is 9.31. The first kappa shape index (κ1) is 9.94. The SMILES string of the molecule is OCC1CCCN1CC1(CBr)CC1. The Bertz CT molecular complexity index is 182. The average Bonchev–Trinajstić information content (AvgIpc) is 2.78. The van der Waals surface area contributed by atoms with Crippen molar-refractivity contribution >= 4 is 15.9 Å². The molecule has 2 aliphatic rings. The molecule has 2 nitrogen and oxygen atoms in total. The molecule has 3 heteroatoms. The van der Waals surface area contributed by atoms with E-state index in [1.54, 1.807) is 0 Å². The number of likely N-dealkylation sites (tertiary alicyclic amines) is 1. The molecule has 1 unspecified atom stereocenters. The number of hydrogen-bond acceptors (Lipinski definition) is 2. The van der Waals surface area contributed by atoms with Gasteiger partial charge in [-0.2, -0.15) is 0 Å². The second kappa shape index (κ2) is 3.87. The molecule has 13 heavy (non-hydrogen) atoms. The largest absolute Gasteiger partial charge is 0.395 e. The van der Waals surface area contributed by atoms with E-state index in [4.69, 9.17) is 0 Å². The Morgan fingerprint density at radius 2 is 2.23 bits per heavy atom. The molecule has 0 amide bonds. The van der Waals surface area contributed by atoms with E-state index < -0.39 is 0 Å². The van der Waals surface area contributed by atoms with Crippen LogP contribution in [0.5, 0.6) is 0 Å². The van der Waals surface area contributed by atoms with Crippen molar-refractivity contribution in [3.05, 3.63) is 0 Å². The summed E-state index contributed by atoms with van der Waals surface area (Å²) in [4.78, 5) is 2.48. The topological polar surface area (TPSA) is 23.5 Å². The van der Waals surface area contributed by atoms with E-state index in [0.29, 0.717) is 18.1 Å². The lowest BCUT2D eigenvalue weighted by Crippen LogP contribution is -2.37. The van der Waals surface area contributed by atoms with Crippen molar-refractivity contribution in [2.24, 2.45) is 5.41 Å². The van der Waals surface area contributed by atoms with Gasteiger partial charge in [-0.1, -0.05) is 15.9 Å². The first-order valence-electron chi connectivity index (χ1n) is 5.20. The van der Waals surface area contributed by atoms with Gasteiger partial charge in [-0.3, -0.25) is 4.90 Å². The first-order valence-corrected chi connectivity index (χ1v) is 6.33. The van der Waals surface area contributed by atoms with Gasteiger partial charge in [0, 0.05) is 17.9 Å². The van der Waals surface area contributed by atoms with E-state index in [0.717, 1.165) is 5.33 Å². The van der Waals surface area contributed by atoms with Gasteiger partial charge in [0.15, 0.2) is 0 Å². The number of hydrogen-bond donors (Lipinski definition) is 1. The van der Waals surface area contributed by atoms with E-state index in [1.807, 2.05) is 0 Å². The molecule has 76 valence electrons. The minimum atomic E-state index is 0.346. The van der Waals surface area contributed by atoms with Crippen molar-refractivity contribution < 1.29 is 5.11 Å². The van der Waals surface area contributed by atoms with Gasteiger partial charge in [-0.15, -0.1) is 0 Å². The first-order chi connectivity index (χ1) is 6.29. The number of halogens is 1. The predicted molar refractivity (Wildman–Crippen MR) is 57.1 cm³/mol. The second-order valence-electron chi connectivity index (χ2n) is 4.58. The van der Waals surface area contributed by atoms with Gasteiger partial charge in [-0.25, -0.2) is 0 Å². The molecule has 1 aliphatic heterocycles. The molecular weight excluding hydrogens is 230 g/mol. The van der Waals surface area contributed by atoms with Gasteiger partial charge >= 0.3 is 0 Å². The van der Waals surface area contributed by atoms with E-state index >= 15 is 0 Å². The van der Waals surface area contributed by atoms with Gasteiger partial charge in [0.05, 0.1) is 6.61 Å². The molecule has 2 rings (SSSR count). The fraction of sp³-hybridized carbons (Fsp3) is 1.00. The Balaban J connectivity index is 1.86. The highest BCUT2D eigenvalue weighted by molar-refractivity contribution is 9.09. The highest BCUT2D eigenvalue weighted by Crippen LogP contribution is 2.48. The Hall–Kier alpha value is 0.400. The van der Waals surface area contributed by atoms with Crippen molar-refractivity contribution in [3.63, 3.8) is 0 Å². The van der Waals surface area contributed by atoms with Gasteiger partial charge in [0.1, 0.15) is 0 Å². The number of aliphatic hydroxyl groups is 1. The summed E-state index contributed by atoms with van der Waals surface area (Å²) in [7, 11) is 0. The monoisotopic (exact) mass is 247 g/mol. The van der Waals surface area contributed by atoms with Gasteiger partial charge in [-0.05, 0) is 37.6 Å². The second-order valence-corrected chi connectivity index (χ2v) is 5.14. The lowest BCUT2D eigenvalue weighted by molar-refractivity contribution is 0.141. The Morgan fingerprint density at radius 1 is 1.46 bits per heavy atom. The molecule has 0 bridgehead atoms. The van der Waals surface area contributed by atoms with Crippen LogP contribution in [0.15, 0.2) is 0 Å². The minimum absolute atomic E-state index is 0.346. The van der Waals surface area contributed by atoms with Gasteiger partial charge in [0.2, 0.25) is 0 Å². The van der Waals surface area contributed by atoms with Crippen LogP contribution in [-0.4, -0.2) is 41.1 Å². The lowest BCUT2D eigenvalue weighted by atomic mass is 10.1. The van der Waals surface area contributed by atoms with Crippen LogP contribution in [0.3, 0.4) is 0 Å².